The molecule has 256 valence electrons. The van der Waals surface area contributed by atoms with Crippen molar-refractivity contribution in [3.8, 4) is 11.6 Å². The zero-order valence-electron chi connectivity index (χ0n) is 28.9. The molecule has 0 radical (unpaired) electrons. The number of anilines is 2. The molecule has 52 heavy (non-hydrogen) atoms. The van der Waals surface area contributed by atoms with Crippen molar-refractivity contribution in [2.45, 2.75) is 35.9 Å². The van der Waals surface area contributed by atoms with Gasteiger partial charge in [-0.3, -0.25) is 0 Å². The molecule has 0 aliphatic heterocycles. The van der Waals surface area contributed by atoms with Crippen LogP contribution in [0.25, 0.3) is 21.5 Å². The molecule has 8 aromatic rings. The monoisotopic (exact) mass is 698 g/mol. The van der Waals surface area contributed by atoms with Gasteiger partial charge in [-0.2, -0.15) is 0 Å². The van der Waals surface area contributed by atoms with Crippen LogP contribution in [0.2, 0.25) is 0 Å². The zero-order valence-corrected chi connectivity index (χ0v) is 29.7. The van der Waals surface area contributed by atoms with Gasteiger partial charge in [-0.15, -0.1) is 20.4 Å². The fourth-order valence-electron chi connectivity index (χ4n) is 5.78. The molecule has 0 saturated heterocycles. The Kier molecular flexibility index (Phi) is 10.9. The Hall–Kier alpha value is -6.25. The third-order valence-corrected chi connectivity index (χ3v) is 9.53. The quantitative estimate of drug-likeness (QED) is 0.146. The van der Waals surface area contributed by atoms with E-state index in [9.17, 15) is 0 Å². The number of rotatable bonds is 10. The van der Waals surface area contributed by atoms with E-state index < -0.39 is 0 Å². The van der Waals surface area contributed by atoms with E-state index in [4.69, 9.17) is 4.74 Å². The van der Waals surface area contributed by atoms with Gasteiger partial charge in [0.05, 0.1) is 12.1 Å². The van der Waals surface area contributed by atoms with Gasteiger partial charge in [-0.25, -0.2) is 0 Å². The summed E-state index contributed by atoms with van der Waals surface area (Å²) in [5.74, 6) is 2.81. The lowest BCUT2D eigenvalue weighted by molar-refractivity contribution is 0.462. The third-order valence-electron chi connectivity index (χ3n) is 8.53. The van der Waals surface area contributed by atoms with Crippen LogP contribution in [0.3, 0.4) is 0 Å². The largest absolute Gasteiger partial charge is 0.437 e. The molecular weight excluding hydrogens is 661 g/mol. The Balaban J connectivity index is 0.000000162. The highest BCUT2D eigenvalue weighted by molar-refractivity contribution is 7.99. The molecule has 0 saturated carbocycles. The van der Waals surface area contributed by atoms with Crippen molar-refractivity contribution >= 4 is 44.9 Å². The molecule has 2 atom stereocenters. The Labute approximate surface area is 308 Å². The molecule has 7 nitrogen and oxygen atoms in total. The lowest BCUT2D eigenvalue weighted by Crippen LogP contribution is -2.09. The molecule has 0 fully saturated rings. The summed E-state index contributed by atoms with van der Waals surface area (Å²) in [6, 6.07) is 57.1. The van der Waals surface area contributed by atoms with Gasteiger partial charge in [0, 0.05) is 26.4 Å². The number of fused-ring (bicyclic) bond motifs is 2. The van der Waals surface area contributed by atoms with Gasteiger partial charge in [-0.1, -0.05) is 151 Å². The van der Waals surface area contributed by atoms with Gasteiger partial charge in [0.1, 0.15) is 10.8 Å². The molecule has 6 aromatic carbocycles. The van der Waals surface area contributed by atoms with Crippen molar-refractivity contribution in [1.82, 2.24) is 20.4 Å². The van der Waals surface area contributed by atoms with Gasteiger partial charge in [0.2, 0.25) is 5.88 Å². The predicted molar refractivity (Wildman–Crippen MR) is 213 cm³/mol. The molecule has 2 heterocycles. The fourth-order valence-corrected chi connectivity index (χ4v) is 6.67. The topological polar surface area (TPSA) is 84.9 Å². The summed E-state index contributed by atoms with van der Waals surface area (Å²) < 4.78 is 5.93. The SMILES string of the molecule is CC(Nc1nnc(Oc2ccccc2)c2ccccc12)c1ccccc1.CC(Nc1nnc(Sc2ccccc2)c2ccccc12)c1ccccc1. The first-order chi connectivity index (χ1) is 25.6. The van der Waals surface area contributed by atoms with E-state index >= 15 is 0 Å². The molecule has 0 aliphatic carbocycles. The number of nitrogens with zero attached hydrogens (tertiary/aromatic N) is 4. The van der Waals surface area contributed by atoms with Crippen molar-refractivity contribution in [2.24, 2.45) is 0 Å². The molecule has 2 N–H and O–H groups in total. The number of ether oxygens (including phenoxy) is 1. The van der Waals surface area contributed by atoms with Crippen LogP contribution in [0, 0.1) is 0 Å². The van der Waals surface area contributed by atoms with E-state index in [0.717, 1.165) is 48.9 Å². The summed E-state index contributed by atoms with van der Waals surface area (Å²) in [5.41, 5.74) is 2.42. The van der Waals surface area contributed by atoms with Gasteiger partial charge >= 0.3 is 0 Å². The number of hydrogen-bond donors (Lipinski definition) is 2. The summed E-state index contributed by atoms with van der Waals surface area (Å²) in [6.45, 7) is 4.25. The number of para-hydroxylation sites is 1. The molecule has 0 aliphatic rings. The second-order valence-corrected chi connectivity index (χ2v) is 13.2. The van der Waals surface area contributed by atoms with E-state index in [-0.39, 0.29) is 12.1 Å². The summed E-state index contributed by atoms with van der Waals surface area (Å²) in [5, 5.41) is 29.7. The van der Waals surface area contributed by atoms with E-state index in [0.29, 0.717) is 5.88 Å². The summed E-state index contributed by atoms with van der Waals surface area (Å²) in [4.78, 5) is 1.16. The first-order valence-electron chi connectivity index (χ1n) is 17.2. The van der Waals surface area contributed by atoms with Crippen LogP contribution in [-0.2, 0) is 0 Å². The highest BCUT2D eigenvalue weighted by atomic mass is 32.2. The van der Waals surface area contributed by atoms with Crippen LogP contribution in [0.5, 0.6) is 11.6 Å². The minimum Gasteiger partial charge on any atom is -0.437 e. The second kappa shape index (κ2) is 16.6. The molecular formula is C44H38N6OS. The maximum atomic E-state index is 5.93. The molecule has 2 aromatic heterocycles. The van der Waals surface area contributed by atoms with Gasteiger partial charge in [0.25, 0.3) is 0 Å². The average molecular weight is 699 g/mol. The molecule has 8 heteroatoms. The van der Waals surface area contributed by atoms with Crippen molar-refractivity contribution in [3.05, 3.63) is 181 Å². The number of aromatic nitrogens is 4. The normalized spacial score (nSPS) is 12.0. The first kappa shape index (κ1) is 34.2. The van der Waals surface area contributed by atoms with Crippen LogP contribution in [0.15, 0.2) is 180 Å². The predicted octanol–water partition coefficient (Wildman–Crippen LogP) is 11.5. The minimum absolute atomic E-state index is 0.120. The Morgan fingerprint density at radius 3 is 1.42 bits per heavy atom. The molecule has 8 rings (SSSR count). The zero-order chi connectivity index (χ0) is 35.5. The van der Waals surface area contributed by atoms with Crippen molar-refractivity contribution < 1.29 is 4.74 Å². The molecule has 2 unspecified atom stereocenters. The van der Waals surface area contributed by atoms with Crippen molar-refractivity contribution in [1.29, 1.82) is 0 Å². The number of benzene rings is 6. The van der Waals surface area contributed by atoms with Crippen LogP contribution in [0.4, 0.5) is 11.6 Å². The summed E-state index contributed by atoms with van der Waals surface area (Å²) in [7, 11) is 0. The number of hydrogen-bond acceptors (Lipinski definition) is 8. The molecule has 0 bridgehead atoms. The number of nitrogens with one attached hydrogen (secondary N) is 2. The van der Waals surface area contributed by atoms with Crippen molar-refractivity contribution in [2.75, 3.05) is 10.6 Å². The van der Waals surface area contributed by atoms with Crippen LogP contribution in [-0.4, -0.2) is 20.4 Å². The molecule has 0 spiro atoms. The Morgan fingerprint density at radius 1 is 0.442 bits per heavy atom. The summed E-state index contributed by atoms with van der Waals surface area (Å²) in [6.07, 6.45) is 0. The maximum Gasteiger partial charge on any atom is 0.246 e. The van der Waals surface area contributed by atoms with Gasteiger partial charge in [-0.05, 0) is 55.3 Å². The summed E-state index contributed by atoms with van der Waals surface area (Å²) >= 11 is 1.64. The van der Waals surface area contributed by atoms with Gasteiger partial charge in [0.15, 0.2) is 11.6 Å². The average Bonchev–Trinajstić information content (AvgIpc) is 3.21. The lowest BCUT2D eigenvalue weighted by Gasteiger charge is -2.17. The smallest absolute Gasteiger partial charge is 0.246 e. The maximum absolute atomic E-state index is 5.93. The second-order valence-electron chi connectivity index (χ2n) is 12.2. The highest BCUT2D eigenvalue weighted by Gasteiger charge is 2.15. The Bertz CT molecular complexity index is 2180. The van der Waals surface area contributed by atoms with E-state index in [1.165, 1.54) is 11.1 Å². The van der Waals surface area contributed by atoms with Crippen LogP contribution in [0.1, 0.15) is 37.1 Å². The standard InChI is InChI=1S/C22H19N3O.C22H19N3S/c2*1-16(17-10-4-2-5-11-17)23-21-19-14-8-9-15-20(19)22(25-24-21)26-18-12-6-3-7-13-18/h2*2-16H,1H3,(H,23,24). The van der Waals surface area contributed by atoms with Crippen LogP contribution < -0.4 is 15.4 Å². The fraction of sp³-hybridized carbons (Fsp3) is 0.0909. The molecule has 0 amide bonds. The first-order valence-corrected chi connectivity index (χ1v) is 18.0. The van der Waals surface area contributed by atoms with Gasteiger partial charge < -0.3 is 15.4 Å². The van der Waals surface area contributed by atoms with Crippen molar-refractivity contribution in [3.63, 3.8) is 0 Å². The van der Waals surface area contributed by atoms with E-state index in [1.54, 1.807) is 11.8 Å². The van der Waals surface area contributed by atoms with E-state index in [2.05, 4.69) is 106 Å². The third kappa shape index (κ3) is 8.37. The minimum atomic E-state index is 0.120. The highest BCUT2D eigenvalue weighted by Crippen LogP contribution is 2.35. The Morgan fingerprint density at radius 2 is 0.865 bits per heavy atom. The van der Waals surface area contributed by atoms with E-state index in [1.807, 2.05) is 109 Å². The lowest BCUT2D eigenvalue weighted by atomic mass is 10.1. The van der Waals surface area contributed by atoms with Crippen LogP contribution >= 0.6 is 11.8 Å².